The first-order valence-corrected chi connectivity index (χ1v) is 8.55. The Labute approximate surface area is 156 Å². The van der Waals surface area contributed by atoms with E-state index in [-0.39, 0.29) is 0 Å². The van der Waals surface area contributed by atoms with Gasteiger partial charge in [0.15, 0.2) is 5.82 Å². The van der Waals surface area contributed by atoms with Crippen molar-refractivity contribution in [2.75, 3.05) is 24.5 Å². The average molecular weight is 368 g/mol. The van der Waals surface area contributed by atoms with Crippen molar-refractivity contribution in [2.45, 2.75) is 6.04 Å². The molecule has 27 heavy (non-hydrogen) atoms. The normalized spacial score (nSPS) is 20.4. The monoisotopic (exact) mass is 368 g/mol. The lowest BCUT2D eigenvalue weighted by Gasteiger charge is -2.44. The molecular weight excluding hydrogens is 348 g/mol. The molecule has 0 amide bonds. The fourth-order valence-corrected chi connectivity index (χ4v) is 3.17. The standard InChI is InChI=1S/C15H16N4.C4H4O4/c1-2-4-11(5-3-1)13-6-7-15(18-17-13)19-10-12-8-16-9-14(12)19;5-3(6)1-2-4(7)8/h1-7,12,14,16H,8-10H2;1-2H,(H,5,6)(H,7,8)/t12-,14+;/m0./s1. The lowest BCUT2D eigenvalue weighted by molar-refractivity contribution is -0.134. The maximum Gasteiger partial charge on any atom is 0.328 e. The van der Waals surface area contributed by atoms with E-state index < -0.39 is 11.9 Å². The van der Waals surface area contributed by atoms with E-state index in [0.29, 0.717) is 18.2 Å². The van der Waals surface area contributed by atoms with Crippen molar-refractivity contribution >= 4 is 17.8 Å². The van der Waals surface area contributed by atoms with E-state index >= 15 is 0 Å². The highest BCUT2D eigenvalue weighted by atomic mass is 16.4. The minimum Gasteiger partial charge on any atom is -0.478 e. The van der Waals surface area contributed by atoms with Gasteiger partial charge in [0.05, 0.1) is 5.69 Å². The molecule has 3 N–H and O–H groups in total. The Morgan fingerprint density at radius 3 is 2.26 bits per heavy atom. The molecule has 0 bridgehead atoms. The molecule has 2 saturated heterocycles. The van der Waals surface area contributed by atoms with Crippen LogP contribution in [-0.2, 0) is 9.59 Å². The number of rotatable bonds is 4. The molecule has 0 aliphatic carbocycles. The van der Waals surface area contributed by atoms with Crippen molar-refractivity contribution in [3.8, 4) is 11.3 Å². The third-order valence-corrected chi connectivity index (χ3v) is 4.52. The Balaban J connectivity index is 0.000000226. The maximum atomic E-state index is 9.55. The van der Waals surface area contributed by atoms with Crippen LogP contribution in [0.1, 0.15) is 0 Å². The van der Waals surface area contributed by atoms with Gasteiger partial charge in [-0.15, -0.1) is 10.2 Å². The van der Waals surface area contributed by atoms with Crippen LogP contribution in [0, 0.1) is 5.92 Å². The summed E-state index contributed by atoms with van der Waals surface area (Å²) in [5, 5.41) is 27.8. The predicted octanol–water partition coefficient (Wildman–Crippen LogP) is 1.26. The summed E-state index contributed by atoms with van der Waals surface area (Å²) in [6, 6.07) is 15.0. The van der Waals surface area contributed by atoms with Gasteiger partial charge in [0.2, 0.25) is 0 Å². The molecule has 4 rings (SSSR count). The Bertz CT molecular complexity index is 807. The zero-order valence-corrected chi connectivity index (χ0v) is 14.5. The second-order valence-electron chi connectivity index (χ2n) is 6.29. The maximum absolute atomic E-state index is 9.55. The molecule has 0 saturated carbocycles. The summed E-state index contributed by atoms with van der Waals surface area (Å²) < 4.78 is 0. The molecule has 3 heterocycles. The van der Waals surface area contributed by atoms with Crippen LogP contribution in [0.3, 0.4) is 0 Å². The van der Waals surface area contributed by atoms with Crippen LogP contribution in [-0.4, -0.2) is 58.0 Å². The first kappa shape index (κ1) is 18.5. The highest BCUT2D eigenvalue weighted by Crippen LogP contribution is 2.32. The van der Waals surface area contributed by atoms with Crippen LogP contribution in [0.5, 0.6) is 0 Å². The van der Waals surface area contributed by atoms with Crippen LogP contribution in [0.2, 0.25) is 0 Å². The summed E-state index contributed by atoms with van der Waals surface area (Å²) in [6.07, 6.45) is 1.12. The van der Waals surface area contributed by atoms with Gasteiger partial charge in [0.25, 0.3) is 0 Å². The van der Waals surface area contributed by atoms with Crippen molar-refractivity contribution < 1.29 is 19.8 Å². The molecule has 0 spiro atoms. The Kier molecular flexibility index (Phi) is 5.77. The number of benzene rings is 1. The molecule has 140 valence electrons. The fraction of sp³-hybridized carbons (Fsp3) is 0.263. The third-order valence-electron chi connectivity index (χ3n) is 4.52. The zero-order valence-electron chi connectivity index (χ0n) is 14.5. The molecule has 2 aliphatic rings. The first-order chi connectivity index (χ1) is 13.0. The van der Waals surface area contributed by atoms with Gasteiger partial charge in [0, 0.05) is 49.3 Å². The molecule has 1 aromatic carbocycles. The molecule has 0 radical (unpaired) electrons. The SMILES string of the molecule is O=C(O)C=CC(=O)O.c1ccc(-c2ccc(N3C[C@@H]4CNC[C@H]43)nn2)cc1. The smallest absolute Gasteiger partial charge is 0.328 e. The minimum absolute atomic E-state index is 0.558. The van der Waals surface area contributed by atoms with Gasteiger partial charge in [-0.05, 0) is 12.1 Å². The highest BCUT2D eigenvalue weighted by Gasteiger charge is 2.42. The molecular formula is C19H20N4O4. The number of nitrogens with one attached hydrogen (secondary N) is 1. The van der Waals surface area contributed by atoms with Crippen molar-refractivity contribution in [2.24, 2.45) is 5.92 Å². The Morgan fingerprint density at radius 1 is 1.00 bits per heavy atom. The van der Waals surface area contributed by atoms with Crippen LogP contribution in [0.4, 0.5) is 5.82 Å². The van der Waals surface area contributed by atoms with Crippen LogP contribution >= 0.6 is 0 Å². The topological polar surface area (TPSA) is 116 Å². The molecule has 8 nitrogen and oxygen atoms in total. The van der Waals surface area contributed by atoms with E-state index in [4.69, 9.17) is 10.2 Å². The van der Waals surface area contributed by atoms with Crippen LogP contribution in [0.15, 0.2) is 54.6 Å². The Hall–Kier alpha value is -3.26. The van der Waals surface area contributed by atoms with E-state index in [1.165, 1.54) is 0 Å². The lowest BCUT2D eigenvalue weighted by Crippen LogP contribution is -2.56. The summed E-state index contributed by atoms with van der Waals surface area (Å²) in [7, 11) is 0. The van der Waals surface area contributed by atoms with Gasteiger partial charge in [0.1, 0.15) is 0 Å². The lowest BCUT2D eigenvalue weighted by atomic mass is 9.92. The number of hydrogen-bond acceptors (Lipinski definition) is 6. The summed E-state index contributed by atoms with van der Waals surface area (Å²) in [4.78, 5) is 21.5. The molecule has 1 aromatic heterocycles. The molecule has 8 heteroatoms. The average Bonchev–Trinajstić information content (AvgIpc) is 3.02. The van der Waals surface area contributed by atoms with Crippen molar-refractivity contribution in [3.63, 3.8) is 0 Å². The summed E-state index contributed by atoms with van der Waals surface area (Å²) >= 11 is 0. The van der Waals surface area contributed by atoms with Gasteiger partial charge in [-0.25, -0.2) is 9.59 Å². The van der Waals surface area contributed by atoms with E-state index in [0.717, 1.165) is 42.6 Å². The second kappa shape index (κ2) is 8.41. The minimum atomic E-state index is -1.26. The Morgan fingerprint density at radius 2 is 1.70 bits per heavy atom. The number of carboxylic acids is 2. The van der Waals surface area contributed by atoms with Gasteiger partial charge >= 0.3 is 11.9 Å². The summed E-state index contributed by atoms with van der Waals surface area (Å²) in [5.41, 5.74) is 2.05. The quantitative estimate of drug-likeness (QED) is 0.691. The van der Waals surface area contributed by atoms with Gasteiger partial charge in [-0.2, -0.15) is 0 Å². The number of nitrogens with zero attached hydrogens (tertiary/aromatic N) is 3. The fourth-order valence-electron chi connectivity index (χ4n) is 3.17. The van der Waals surface area contributed by atoms with Crippen molar-refractivity contribution in [3.05, 3.63) is 54.6 Å². The number of aromatic nitrogens is 2. The number of carboxylic acid groups (broad SMARTS) is 2. The largest absolute Gasteiger partial charge is 0.478 e. The van der Waals surface area contributed by atoms with Crippen molar-refractivity contribution in [1.82, 2.24) is 15.5 Å². The van der Waals surface area contributed by atoms with Crippen molar-refractivity contribution in [1.29, 1.82) is 0 Å². The molecule has 2 fully saturated rings. The number of anilines is 1. The number of fused-ring (bicyclic) bond motifs is 1. The van der Waals surface area contributed by atoms with E-state index in [1.807, 2.05) is 18.2 Å². The summed E-state index contributed by atoms with van der Waals surface area (Å²) in [6.45, 7) is 3.33. The van der Waals surface area contributed by atoms with E-state index in [1.54, 1.807) is 0 Å². The van der Waals surface area contributed by atoms with Gasteiger partial charge in [-0.3, -0.25) is 0 Å². The summed E-state index contributed by atoms with van der Waals surface area (Å²) in [5.74, 6) is -0.708. The van der Waals surface area contributed by atoms with E-state index in [9.17, 15) is 9.59 Å². The first-order valence-electron chi connectivity index (χ1n) is 8.55. The molecule has 2 aromatic rings. The number of hydrogen-bond donors (Lipinski definition) is 3. The van der Waals surface area contributed by atoms with Crippen LogP contribution < -0.4 is 10.2 Å². The molecule has 2 atom stereocenters. The number of carbonyl (C=O) groups is 2. The van der Waals surface area contributed by atoms with Gasteiger partial charge in [-0.1, -0.05) is 30.3 Å². The van der Waals surface area contributed by atoms with Crippen LogP contribution in [0.25, 0.3) is 11.3 Å². The molecule has 0 unspecified atom stereocenters. The number of aliphatic carboxylic acids is 2. The predicted molar refractivity (Wildman–Crippen MR) is 99.4 cm³/mol. The molecule has 2 aliphatic heterocycles. The third kappa shape index (κ3) is 4.68. The zero-order chi connectivity index (χ0) is 19.2. The highest BCUT2D eigenvalue weighted by molar-refractivity contribution is 5.89. The van der Waals surface area contributed by atoms with E-state index in [2.05, 4.69) is 44.7 Å². The second-order valence-corrected chi connectivity index (χ2v) is 6.29. The van der Waals surface area contributed by atoms with Gasteiger partial charge < -0.3 is 20.4 Å².